The van der Waals surface area contributed by atoms with Crippen molar-refractivity contribution < 1.29 is 24.2 Å². The van der Waals surface area contributed by atoms with Crippen LogP contribution in [0.1, 0.15) is 56.1 Å². The van der Waals surface area contributed by atoms with Gasteiger partial charge in [-0.15, -0.1) is 0 Å². The third kappa shape index (κ3) is 3.93. The van der Waals surface area contributed by atoms with E-state index in [1.807, 2.05) is 24.3 Å². The molecule has 178 valence electrons. The van der Waals surface area contributed by atoms with Gasteiger partial charge in [0.1, 0.15) is 12.6 Å². The number of rotatable bonds is 8. The zero-order valence-electron chi connectivity index (χ0n) is 19.3. The SMILES string of the molecule is CC(C(=O)O)N(C(=O)C1(CNC(=O)OCC2c3ccccc3-c3ccccc32)CCC1)C1CC1. The van der Waals surface area contributed by atoms with Crippen molar-refractivity contribution in [3.8, 4) is 11.1 Å². The number of hydrogen-bond acceptors (Lipinski definition) is 4. The van der Waals surface area contributed by atoms with Crippen LogP contribution < -0.4 is 5.32 Å². The molecular weight excluding hydrogens is 432 g/mol. The number of benzene rings is 2. The lowest BCUT2D eigenvalue weighted by molar-refractivity contribution is -0.158. The largest absolute Gasteiger partial charge is 0.480 e. The maximum absolute atomic E-state index is 13.4. The Bertz CT molecular complexity index is 1080. The van der Waals surface area contributed by atoms with Gasteiger partial charge >= 0.3 is 12.1 Å². The minimum Gasteiger partial charge on any atom is -0.480 e. The molecule has 2 N–H and O–H groups in total. The Morgan fingerprint density at radius 2 is 1.65 bits per heavy atom. The van der Waals surface area contributed by atoms with E-state index in [9.17, 15) is 19.5 Å². The number of fused-ring (bicyclic) bond motifs is 3. The molecule has 7 nitrogen and oxygen atoms in total. The number of hydrogen-bond donors (Lipinski definition) is 2. The summed E-state index contributed by atoms with van der Waals surface area (Å²) in [7, 11) is 0. The van der Waals surface area contributed by atoms with E-state index in [0.29, 0.717) is 12.8 Å². The van der Waals surface area contributed by atoms with Gasteiger partial charge in [-0.3, -0.25) is 4.79 Å². The van der Waals surface area contributed by atoms with E-state index >= 15 is 0 Å². The lowest BCUT2D eigenvalue weighted by atomic mass is 9.67. The molecule has 0 radical (unpaired) electrons. The molecule has 3 aliphatic rings. The van der Waals surface area contributed by atoms with Gasteiger partial charge in [-0.1, -0.05) is 55.0 Å². The van der Waals surface area contributed by atoms with E-state index in [2.05, 4.69) is 29.6 Å². The summed E-state index contributed by atoms with van der Waals surface area (Å²) in [6.07, 6.45) is 3.29. The molecule has 0 spiro atoms. The van der Waals surface area contributed by atoms with Crippen LogP contribution in [0.15, 0.2) is 48.5 Å². The van der Waals surface area contributed by atoms with Gasteiger partial charge in [0.2, 0.25) is 5.91 Å². The average molecular weight is 463 g/mol. The number of amides is 2. The Labute approximate surface area is 199 Å². The van der Waals surface area contributed by atoms with Crippen molar-refractivity contribution in [1.82, 2.24) is 10.2 Å². The maximum atomic E-state index is 13.4. The van der Waals surface area contributed by atoms with Crippen LogP contribution in [-0.4, -0.2) is 53.2 Å². The summed E-state index contributed by atoms with van der Waals surface area (Å²) in [4.78, 5) is 39.1. The summed E-state index contributed by atoms with van der Waals surface area (Å²) >= 11 is 0. The highest BCUT2D eigenvalue weighted by molar-refractivity contribution is 5.89. The smallest absolute Gasteiger partial charge is 0.407 e. The Morgan fingerprint density at radius 3 is 2.15 bits per heavy atom. The molecule has 0 saturated heterocycles. The number of ether oxygens (including phenoxy) is 1. The summed E-state index contributed by atoms with van der Waals surface area (Å²) in [5, 5.41) is 12.3. The minimum absolute atomic E-state index is 0.00877. The zero-order valence-corrected chi connectivity index (χ0v) is 19.3. The molecule has 2 saturated carbocycles. The standard InChI is InChI=1S/C27H30N2O5/c1-17(24(30)31)29(18-11-12-18)25(32)27(13-6-14-27)16-28-26(33)34-15-23-21-9-4-2-7-19(21)20-8-3-5-10-22(20)23/h2-5,7-10,17-18,23H,6,11-16H2,1H3,(H,28,33)(H,30,31). The van der Waals surface area contributed by atoms with Gasteiger partial charge in [0, 0.05) is 18.5 Å². The van der Waals surface area contributed by atoms with Crippen LogP contribution in [0.5, 0.6) is 0 Å². The zero-order chi connectivity index (χ0) is 23.9. The molecule has 0 aliphatic heterocycles. The van der Waals surface area contributed by atoms with Gasteiger partial charge in [-0.05, 0) is 54.9 Å². The minimum atomic E-state index is -1.00. The van der Waals surface area contributed by atoms with Crippen LogP contribution >= 0.6 is 0 Å². The lowest BCUT2D eigenvalue weighted by Gasteiger charge is -2.44. The molecule has 3 aliphatic carbocycles. The molecule has 0 aromatic heterocycles. The molecule has 2 amide bonds. The number of carbonyl (C=O) groups is 3. The summed E-state index contributed by atoms with van der Waals surface area (Å²) in [6.45, 7) is 1.94. The van der Waals surface area contributed by atoms with Crippen LogP contribution in [-0.2, 0) is 14.3 Å². The Kier molecular flexibility index (Phi) is 5.80. The first-order valence-electron chi connectivity index (χ1n) is 12.1. The molecular formula is C27H30N2O5. The van der Waals surface area contributed by atoms with Crippen molar-refractivity contribution in [3.05, 3.63) is 59.7 Å². The predicted molar refractivity (Wildman–Crippen MR) is 126 cm³/mol. The molecule has 2 aromatic rings. The number of alkyl carbamates (subject to hydrolysis) is 1. The van der Waals surface area contributed by atoms with Crippen molar-refractivity contribution in [1.29, 1.82) is 0 Å². The fraction of sp³-hybridized carbons (Fsp3) is 0.444. The average Bonchev–Trinajstić information content (AvgIpc) is 3.59. The Hall–Kier alpha value is -3.35. The van der Waals surface area contributed by atoms with Gasteiger partial charge in [0.25, 0.3) is 0 Å². The van der Waals surface area contributed by atoms with Crippen LogP contribution in [0.3, 0.4) is 0 Å². The van der Waals surface area contributed by atoms with Gasteiger partial charge in [-0.25, -0.2) is 9.59 Å². The van der Waals surface area contributed by atoms with E-state index in [1.165, 1.54) is 16.0 Å². The highest BCUT2D eigenvalue weighted by Crippen LogP contribution is 2.46. The van der Waals surface area contributed by atoms with E-state index < -0.39 is 23.5 Å². The number of carboxylic acid groups (broad SMARTS) is 1. The maximum Gasteiger partial charge on any atom is 0.407 e. The number of carboxylic acids is 1. The number of nitrogens with zero attached hydrogens (tertiary/aromatic N) is 1. The molecule has 5 rings (SSSR count). The van der Waals surface area contributed by atoms with E-state index in [1.54, 1.807) is 6.92 Å². The first-order valence-corrected chi connectivity index (χ1v) is 12.1. The van der Waals surface area contributed by atoms with Crippen molar-refractivity contribution in [2.75, 3.05) is 13.2 Å². The fourth-order valence-corrected chi connectivity index (χ4v) is 5.36. The van der Waals surface area contributed by atoms with E-state index in [-0.39, 0.29) is 31.0 Å². The molecule has 2 aromatic carbocycles. The lowest BCUT2D eigenvalue weighted by Crippen LogP contribution is -2.57. The summed E-state index contributed by atoms with van der Waals surface area (Å²) < 4.78 is 5.62. The van der Waals surface area contributed by atoms with Gasteiger partial charge in [-0.2, -0.15) is 0 Å². The van der Waals surface area contributed by atoms with Crippen LogP contribution in [0.4, 0.5) is 4.79 Å². The predicted octanol–water partition coefficient (Wildman–Crippen LogP) is 4.16. The first-order chi connectivity index (χ1) is 16.4. The number of aliphatic carboxylic acids is 1. The molecule has 1 unspecified atom stereocenters. The topological polar surface area (TPSA) is 95.9 Å². The molecule has 0 bridgehead atoms. The Morgan fingerprint density at radius 1 is 1.06 bits per heavy atom. The van der Waals surface area contributed by atoms with Gasteiger partial charge in [0.05, 0.1) is 5.41 Å². The second-order valence-corrected chi connectivity index (χ2v) is 9.77. The van der Waals surface area contributed by atoms with Crippen molar-refractivity contribution >= 4 is 18.0 Å². The number of carbonyl (C=O) groups excluding carboxylic acids is 2. The van der Waals surface area contributed by atoms with Crippen LogP contribution in [0.25, 0.3) is 11.1 Å². The molecule has 34 heavy (non-hydrogen) atoms. The second kappa shape index (κ2) is 8.78. The van der Waals surface area contributed by atoms with Crippen molar-refractivity contribution in [2.45, 2.75) is 57.0 Å². The highest BCUT2D eigenvalue weighted by atomic mass is 16.5. The summed E-state index contributed by atoms with van der Waals surface area (Å²) in [5.74, 6) is -1.19. The second-order valence-electron chi connectivity index (χ2n) is 9.77. The first kappa shape index (κ1) is 22.4. The molecule has 2 fully saturated rings. The van der Waals surface area contributed by atoms with Crippen molar-refractivity contribution in [2.24, 2.45) is 5.41 Å². The summed E-state index contributed by atoms with van der Waals surface area (Å²) in [5.41, 5.74) is 3.88. The normalized spacial score (nSPS) is 18.7. The molecule has 1 atom stereocenters. The third-order valence-corrected chi connectivity index (χ3v) is 7.63. The summed E-state index contributed by atoms with van der Waals surface area (Å²) in [6, 6.07) is 15.4. The fourth-order valence-electron chi connectivity index (χ4n) is 5.36. The van der Waals surface area contributed by atoms with Crippen molar-refractivity contribution in [3.63, 3.8) is 0 Å². The van der Waals surface area contributed by atoms with E-state index in [4.69, 9.17) is 4.74 Å². The van der Waals surface area contributed by atoms with E-state index in [0.717, 1.165) is 30.4 Å². The third-order valence-electron chi connectivity index (χ3n) is 7.63. The molecule has 0 heterocycles. The van der Waals surface area contributed by atoms with Crippen LogP contribution in [0.2, 0.25) is 0 Å². The number of nitrogens with one attached hydrogen (secondary N) is 1. The van der Waals surface area contributed by atoms with Crippen LogP contribution in [0, 0.1) is 5.41 Å². The molecule has 7 heteroatoms. The Balaban J connectivity index is 1.22. The monoisotopic (exact) mass is 462 g/mol. The van der Waals surface area contributed by atoms with Gasteiger partial charge < -0.3 is 20.1 Å². The van der Waals surface area contributed by atoms with Gasteiger partial charge in [0.15, 0.2) is 0 Å². The highest BCUT2D eigenvalue weighted by Gasteiger charge is 2.51. The quantitative estimate of drug-likeness (QED) is 0.614.